The van der Waals surface area contributed by atoms with Gasteiger partial charge in [-0.1, -0.05) is 20.8 Å². The van der Waals surface area contributed by atoms with Crippen molar-refractivity contribution < 1.29 is 4.79 Å². The van der Waals surface area contributed by atoms with Crippen LogP contribution in [0.4, 0.5) is 0 Å². The van der Waals surface area contributed by atoms with E-state index in [4.69, 9.17) is 11.6 Å². The van der Waals surface area contributed by atoms with Gasteiger partial charge in [0, 0.05) is 12.4 Å². The molecule has 0 aliphatic rings. The Bertz CT molecular complexity index is 460. The first kappa shape index (κ1) is 16.9. The third kappa shape index (κ3) is 5.08. The van der Waals surface area contributed by atoms with Crippen LogP contribution < -0.4 is 5.32 Å². The molecular weight excluding hydrogens is 274 g/mol. The van der Waals surface area contributed by atoms with Crippen molar-refractivity contribution in [3.8, 4) is 0 Å². The molecule has 0 radical (unpaired) electrons. The summed E-state index contributed by atoms with van der Waals surface area (Å²) in [6, 6.07) is 1.80. The third-order valence-corrected chi connectivity index (χ3v) is 3.55. The predicted molar refractivity (Wildman–Crippen MR) is 82.2 cm³/mol. The van der Waals surface area contributed by atoms with Gasteiger partial charge < -0.3 is 5.32 Å². The van der Waals surface area contributed by atoms with Crippen molar-refractivity contribution in [1.29, 1.82) is 0 Å². The smallest absolute Gasteiger partial charge is 0.253 e. The summed E-state index contributed by atoms with van der Waals surface area (Å²) in [5.41, 5.74) is 2.18. The molecule has 1 aromatic rings. The largest absolute Gasteiger partial charge is 0.351 e. The summed E-state index contributed by atoms with van der Waals surface area (Å²) in [6.07, 6.45) is 2.65. The Morgan fingerprint density at radius 3 is 2.70 bits per heavy atom. The van der Waals surface area contributed by atoms with E-state index in [1.165, 1.54) is 0 Å². The molecule has 1 amide bonds. The highest BCUT2D eigenvalue weighted by Gasteiger charge is 2.20. The van der Waals surface area contributed by atoms with Gasteiger partial charge in [-0.15, -0.1) is 11.6 Å². The molecule has 4 nitrogen and oxygen atoms in total. The van der Waals surface area contributed by atoms with Crippen molar-refractivity contribution in [3.05, 3.63) is 23.0 Å². The molecule has 1 rings (SSSR count). The lowest BCUT2D eigenvalue weighted by molar-refractivity contribution is 0.0932. The van der Waals surface area contributed by atoms with Crippen LogP contribution in [0.2, 0.25) is 0 Å². The SMILES string of the molecule is CCc1nnc(C)cc1C(=O)NCC(C)(C)CCCCl. The number of amides is 1. The van der Waals surface area contributed by atoms with Gasteiger partial charge in [0.15, 0.2) is 0 Å². The first-order valence-electron chi connectivity index (χ1n) is 7.07. The fourth-order valence-corrected chi connectivity index (χ4v) is 2.15. The summed E-state index contributed by atoms with van der Waals surface area (Å²) in [7, 11) is 0. The van der Waals surface area contributed by atoms with E-state index < -0.39 is 0 Å². The van der Waals surface area contributed by atoms with Crippen LogP contribution in [0.15, 0.2) is 6.07 Å². The molecular formula is C15H24ClN3O. The molecule has 0 saturated carbocycles. The average molecular weight is 298 g/mol. The molecule has 1 N–H and O–H groups in total. The summed E-state index contributed by atoms with van der Waals surface area (Å²) in [6.45, 7) is 8.72. The molecule has 112 valence electrons. The van der Waals surface area contributed by atoms with Gasteiger partial charge in [-0.2, -0.15) is 10.2 Å². The van der Waals surface area contributed by atoms with E-state index in [1.54, 1.807) is 6.07 Å². The van der Waals surface area contributed by atoms with Gasteiger partial charge in [0.1, 0.15) is 0 Å². The van der Waals surface area contributed by atoms with Crippen molar-refractivity contribution in [2.45, 2.75) is 47.0 Å². The number of rotatable bonds is 7. The monoisotopic (exact) mass is 297 g/mol. The van der Waals surface area contributed by atoms with Crippen molar-refractivity contribution in [3.63, 3.8) is 0 Å². The van der Waals surface area contributed by atoms with Crippen molar-refractivity contribution in [1.82, 2.24) is 15.5 Å². The maximum absolute atomic E-state index is 12.3. The van der Waals surface area contributed by atoms with E-state index in [2.05, 4.69) is 29.4 Å². The number of nitrogens with zero attached hydrogens (tertiary/aromatic N) is 2. The molecule has 0 saturated heterocycles. The molecule has 1 aromatic heterocycles. The highest BCUT2D eigenvalue weighted by molar-refractivity contribution is 6.17. The molecule has 20 heavy (non-hydrogen) atoms. The highest BCUT2D eigenvalue weighted by Crippen LogP contribution is 2.21. The Morgan fingerprint density at radius 2 is 2.10 bits per heavy atom. The second-order valence-electron chi connectivity index (χ2n) is 5.84. The van der Waals surface area contributed by atoms with Gasteiger partial charge in [0.25, 0.3) is 5.91 Å². The van der Waals surface area contributed by atoms with Crippen molar-refractivity contribution >= 4 is 17.5 Å². The quantitative estimate of drug-likeness (QED) is 0.787. The van der Waals surface area contributed by atoms with Crippen LogP contribution in [0, 0.1) is 12.3 Å². The molecule has 5 heteroatoms. The summed E-state index contributed by atoms with van der Waals surface area (Å²) in [4.78, 5) is 12.3. The Balaban J connectivity index is 2.69. The molecule has 0 bridgehead atoms. The van der Waals surface area contributed by atoms with Crippen LogP contribution in [-0.4, -0.2) is 28.5 Å². The van der Waals surface area contributed by atoms with E-state index >= 15 is 0 Å². The lowest BCUT2D eigenvalue weighted by Gasteiger charge is -2.24. The fraction of sp³-hybridized carbons (Fsp3) is 0.667. The molecule has 0 atom stereocenters. The van der Waals surface area contributed by atoms with Crippen LogP contribution in [0.5, 0.6) is 0 Å². The van der Waals surface area contributed by atoms with Crippen LogP contribution in [0.1, 0.15) is 55.4 Å². The van der Waals surface area contributed by atoms with Crippen LogP contribution >= 0.6 is 11.6 Å². The number of hydrogen-bond acceptors (Lipinski definition) is 3. The number of carbonyl (C=O) groups excluding carboxylic acids is 1. The van der Waals surface area contributed by atoms with Crippen LogP contribution in [0.25, 0.3) is 0 Å². The molecule has 1 heterocycles. The zero-order valence-corrected chi connectivity index (χ0v) is 13.5. The van der Waals surface area contributed by atoms with Gasteiger partial charge in [-0.3, -0.25) is 4.79 Å². The van der Waals surface area contributed by atoms with E-state index in [9.17, 15) is 4.79 Å². The topological polar surface area (TPSA) is 54.9 Å². The first-order chi connectivity index (χ1) is 9.39. The van der Waals surface area contributed by atoms with E-state index in [-0.39, 0.29) is 11.3 Å². The summed E-state index contributed by atoms with van der Waals surface area (Å²) >= 11 is 5.72. The van der Waals surface area contributed by atoms with Crippen molar-refractivity contribution in [2.24, 2.45) is 5.41 Å². The Morgan fingerprint density at radius 1 is 1.40 bits per heavy atom. The zero-order valence-electron chi connectivity index (χ0n) is 12.8. The average Bonchev–Trinajstić information content (AvgIpc) is 2.42. The Kier molecular flexibility index (Phi) is 6.40. The van der Waals surface area contributed by atoms with Gasteiger partial charge in [0.2, 0.25) is 0 Å². The predicted octanol–water partition coefficient (Wildman–Crippen LogP) is 3.12. The second kappa shape index (κ2) is 7.58. The fourth-order valence-electron chi connectivity index (χ4n) is 2.02. The minimum absolute atomic E-state index is 0.0480. The number of aryl methyl sites for hydroxylation is 2. The molecule has 0 aromatic carbocycles. The maximum atomic E-state index is 12.3. The highest BCUT2D eigenvalue weighted by atomic mass is 35.5. The normalized spacial score (nSPS) is 11.4. The minimum Gasteiger partial charge on any atom is -0.351 e. The lowest BCUT2D eigenvalue weighted by atomic mass is 9.88. The lowest BCUT2D eigenvalue weighted by Crippen LogP contribution is -2.34. The number of halogens is 1. The van der Waals surface area contributed by atoms with Gasteiger partial charge >= 0.3 is 0 Å². The standard InChI is InChI=1S/C15H24ClN3O/c1-5-13-12(9-11(2)18-19-13)14(20)17-10-15(3,4)7-6-8-16/h9H,5-8,10H2,1-4H3,(H,17,20). The van der Waals surface area contributed by atoms with Gasteiger partial charge in [-0.05, 0) is 37.7 Å². The van der Waals surface area contributed by atoms with Crippen LogP contribution in [-0.2, 0) is 6.42 Å². The first-order valence-corrected chi connectivity index (χ1v) is 7.60. The molecule has 0 fully saturated rings. The number of nitrogens with one attached hydrogen (secondary N) is 1. The molecule has 0 spiro atoms. The number of hydrogen-bond donors (Lipinski definition) is 1. The van der Waals surface area contributed by atoms with Crippen LogP contribution in [0.3, 0.4) is 0 Å². The zero-order chi connectivity index (χ0) is 15.2. The van der Waals surface area contributed by atoms with E-state index in [0.29, 0.717) is 24.4 Å². The summed E-state index contributed by atoms with van der Waals surface area (Å²) in [5.74, 6) is 0.587. The van der Waals surface area contributed by atoms with Crippen molar-refractivity contribution in [2.75, 3.05) is 12.4 Å². The Hall–Kier alpha value is -1.16. The number of aromatic nitrogens is 2. The van der Waals surface area contributed by atoms with Gasteiger partial charge in [0.05, 0.1) is 17.0 Å². The van der Waals surface area contributed by atoms with E-state index in [0.717, 1.165) is 24.2 Å². The maximum Gasteiger partial charge on any atom is 0.253 e. The number of carbonyl (C=O) groups is 1. The molecule has 0 aliphatic carbocycles. The Labute approximate surface area is 126 Å². The minimum atomic E-state index is -0.0706. The second-order valence-corrected chi connectivity index (χ2v) is 6.22. The number of alkyl halides is 1. The van der Waals surface area contributed by atoms with Gasteiger partial charge in [-0.25, -0.2) is 0 Å². The molecule has 0 aliphatic heterocycles. The summed E-state index contributed by atoms with van der Waals surface area (Å²) in [5, 5.41) is 11.1. The summed E-state index contributed by atoms with van der Waals surface area (Å²) < 4.78 is 0. The molecule has 0 unspecified atom stereocenters. The van der Waals surface area contributed by atoms with E-state index in [1.807, 2.05) is 13.8 Å². The third-order valence-electron chi connectivity index (χ3n) is 3.29.